The van der Waals surface area contributed by atoms with Gasteiger partial charge in [-0.25, -0.2) is 0 Å². The Labute approximate surface area is 114 Å². The fourth-order valence-corrected chi connectivity index (χ4v) is 2.87. The summed E-state index contributed by atoms with van der Waals surface area (Å²) in [6, 6.07) is 6.97. The van der Waals surface area contributed by atoms with E-state index in [0.29, 0.717) is 19.3 Å². The molecule has 0 radical (unpaired) electrons. The number of nitrogens with zero attached hydrogens (tertiary/aromatic N) is 1. The van der Waals surface area contributed by atoms with Gasteiger partial charge in [-0.2, -0.15) is 0 Å². The van der Waals surface area contributed by atoms with Crippen LogP contribution in [0.4, 0.5) is 0 Å². The van der Waals surface area contributed by atoms with E-state index in [0.717, 1.165) is 37.7 Å². The summed E-state index contributed by atoms with van der Waals surface area (Å²) < 4.78 is 11.2. The highest BCUT2D eigenvalue weighted by Crippen LogP contribution is 2.31. The summed E-state index contributed by atoms with van der Waals surface area (Å²) in [5, 5.41) is 3.44. The number of rotatable bonds is 4. The number of benzene rings is 1. The summed E-state index contributed by atoms with van der Waals surface area (Å²) >= 11 is 0. The summed E-state index contributed by atoms with van der Waals surface area (Å²) in [5.41, 5.74) is 1.30. The quantitative estimate of drug-likeness (QED) is 0.894. The zero-order chi connectivity index (χ0) is 13.1. The summed E-state index contributed by atoms with van der Waals surface area (Å²) in [4.78, 5) is 2.53. The van der Waals surface area contributed by atoms with Gasteiger partial charge in [0.2, 0.25) is 0 Å². The average molecular weight is 262 g/mol. The Morgan fingerprint density at radius 1 is 1.26 bits per heavy atom. The van der Waals surface area contributed by atoms with Crippen LogP contribution in [0.25, 0.3) is 0 Å². The van der Waals surface area contributed by atoms with Gasteiger partial charge in [0.15, 0.2) is 11.5 Å². The van der Waals surface area contributed by atoms with Crippen molar-refractivity contribution in [2.75, 3.05) is 32.8 Å². The van der Waals surface area contributed by atoms with Gasteiger partial charge in [0, 0.05) is 19.1 Å². The van der Waals surface area contributed by atoms with E-state index >= 15 is 0 Å². The first-order chi connectivity index (χ1) is 9.36. The van der Waals surface area contributed by atoms with Gasteiger partial charge in [-0.05, 0) is 37.2 Å². The van der Waals surface area contributed by atoms with Gasteiger partial charge in [0.05, 0.1) is 0 Å². The van der Waals surface area contributed by atoms with Gasteiger partial charge in [-0.15, -0.1) is 0 Å². The largest absolute Gasteiger partial charge is 0.486 e. The van der Waals surface area contributed by atoms with Crippen molar-refractivity contribution in [1.82, 2.24) is 10.2 Å². The Bertz CT molecular complexity index is 430. The van der Waals surface area contributed by atoms with E-state index in [9.17, 15) is 0 Å². The molecule has 0 saturated carbocycles. The Morgan fingerprint density at radius 2 is 2.11 bits per heavy atom. The molecule has 1 aromatic carbocycles. The van der Waals surface area contributed by atoms with Crippen LogP contribution in [0, 0.1) is 0 Å². The van der Waals surface area contributed by atoms with Gasteiger partial charge in [-0.1, -0.05) is 13.0 Å². The molecule has 19 heavy (non-hydrogen) atoms. The molecular weight excluding hydrogens is 240 g/mol. The third-order valence-electron chi connectivity index (χ3n) is 3.95. The molecule has 1 aromatic rings. The molecular formula is C15H22N2O2. The molecule has 0 aliphatic carbocycles. The molecule has 2 aliphatic rings. The lowest BCUT2D eigenvalue weighted by Crippen LogP contribution is -2.36. The molecule has 2 heterocycles. The molecule has 4 heteroatoms. The predicted molar refractivity (Wildman–Crippen MR) is 74.8 cm³/mol. The fraction of sp³-hybridized carbons (Fsp3) is 0.600. The first-order valence-electron chi connectivity index (χ1n) is 7.20. The van der Waals surface area contributed by atoms with Crippen molar-refractivity contribution in [2.24, 2.45) is 0 Å². The monoisotopic (exact) mass is 262 g/mol. The molecule has 3 rings (SSSR count). The lowest BCUT2D eigenvalue weighted by Gasteiger charge is -2.27. The fourth-order valence-electron chi connectivity index (χ4n) is 2.87. The maximum absolute atomic E-state index is 5.65. The van der Waals surface area contributed by atoms with Crippen molar-refractivity contribution in [3.05, 3.63) is 23.8 Å². The van der Waals surface area contributed by atoms with Crippen molar-refractivity contribution >= 4 is 0 Å². The first-order valence-corrected chi connectivity index (χ1v) is 7.20. The predicted octanol–water partition coefficient (Wildman–Crippen LogP) is 1.64. The second kappa shape index (κ2) is 5.80. The molecule has 1 saturated heterocycles. The molecule has 1 atom stereocenters. The minimum atomic E-state index is 0.653. The molecule has 104 valence electrons. The molecule has 1 unspecified atom stereocenters. The number of ether oxygens (including phenoxy) is 2. The third-order valence-corrected chi connectivity index (χ3v) is 3.95. The van der Waals surface area contributed by atoms with Crippen molar-refractivity contribution in [3.8, 4) is 11.5 Å². The van der Waals surface area contributed by atoms with Gasteiger partial charge in [-0.3, -0.25) is 4.90 Å². The van der Waals surface area contributed by atoms with E-state index in [1.807, 2.05) is 6.07 Å². The molecule has 1 N–H and O–H groups in total. The lowest BCUT2D eigenvalue weighted by molar-refractivity contribution is 0.170. The van der Waals surface area contributed by atoms with Crippen molar-refractivity contribution in [1.29, 1.82) is 0 Å². The molecule has 2 aliphatic heterocycles. The van der Waals surface area contributed by atoms with Gasteiger partial charge in [0.1, 0.15) is 13.2 Å². The SMILES string of the molecule is CCN(Cc1ccc2c(c1)OCCO2)C1CCNC1. The molecule has 0 spiro atoms. The van der Waals surface area contributed by atoms with E-state index in [1.165, 1.54) is 12.0 Å². The molecule has 4 nitrogen and oxygen atoms in total. The Morgan fingerprint density at radius 3 is 2.84 bits per heavy atom. The summed E-state index contributed by atoms with van der Waals surface area (Å²) in [6.07, 6.45) is 1.25. The minimum absolute atomic E-state index is 0.653. The van der Waals surface area contributed by atoms with Crippen LogP contribution in [0.2, 0.25) is 0 Å². The van der Waals surface area contributed by atoms with Gasteiger partial charge < -0.3 is 14.8 Å². The minimum Gasteiger partial charge on any atom is -0.486 e. The van der Waals surface area contributed by atoms with Gasteiger partial charge in [0.25, 0.3) is 0 Å². The van der Waals surface area contributed by atoms with Crippen LogP contribution < -0.4 is 14.8 Å². The summed E-state index contributed by atoms with van der Waals surface area (Å²) in [6.45, 7) is 7.86. The van der Waals surface area contributed by atoms with Crippen LogP contribution in [0.1, 0.15) is 18.9 Å². The van der Waals surface area contributed by atoms with Crippen LogP contribution >= 0.6 is 0 Å². The van der Waals surface area contributed by atoms with Crippen LogP contribution in [0.15, 0.2) is 18.2 Å². The van der Waals surface area contributed by atoms with E-state index in [4.69, 9.17) is 9.47 Å². The average Bonchev–Trinajstić information content (AvgIpc) is 2.98. The van der Waals surface area contributed by atoms with E-state index in [2.05, 4.69) is 29.3 Å². The highest BCUT2D eigenvalue weighted by Gasteiger charge is 2.21. The second-order valence-corrected chi connectivity index (χ2v) is 5.19. The van der Waals surface area contributed by atoms with Crippen molar-refractivity contribution in [3.63, 3.8) is 0 Å². The Balaban J connectivity index is 1.71. The van der Waals surface area contributed by atoms with Crippen LogP contribution in [0.3, 0.4) is 0 Å². The maximum Gasteiger partial charge on any atom is 0.161 e. The summed E-state index contributed by atoms with van der Waals surface area (Å²) in [5.74, 6) is 1.77. The third kappa shape index (κ3) is 2.85. The Kier molecular flexibility index (Phi) is 3.89. The van der Waals surface area contributed by atoms with E-state index < -0.39 is 0 Å². The maximum atomic E-state index is 5.65. The molecule has 0 amide bonds. The smallest absolute Gasteiger partial charge is 0.161 e. The zero-order valence-corrected chi connectivity index (χ0v) is 11.5. The number of hydrogen-bond acceptors (Lipinski definition) is 4. The molecule has 0 bridgehead atoms. The Hall–Kier alpha value is -1.26. The first kappa shape index (κ1) is 12.8. The number of hydrogen-bond donors (Lipinski definition) is 1. The van der Waals surface area contributed by atoms with Crippen molar-refractivity contribution in [2.45, 2.75) is 25.9 Å². The normalized spacial score (nSPS) is 21.9. The summed E-state index contributed by atoms with van der Waals surface area (Å²) in [7, 11) is 0. The number of fused-ring (bicyclic) bond motifs is 1. The highest BCUT2D eigenvalue weighted by atomic mass is 16.6. The van der Waals surface area contributed by atoms with Crippen LogP contribution in [-0.4, -0.2) is 43.8 Å². The van der Waals surface area contributed by atoms with Crippen LogP contribution in [-0.2, 0) is 6.54 Å². The lowest BCUT2D eigenvalue weighted by atomic mass is 10.1. The van der Waals surface area contributed by atoms with Crippen molar-refractivity contribution < 1.29 is 9.47 Å². The molecule has 1 fully saturated rings. The zero-order valence-electron chi connectivity index (χ0n) is 11.5. The topological polar surface area (TPSA) is 33.7 Å². The number of nitrogens with one attached hydrogen (secondary N) is 1. The number of likely N-dealkylation sites (N-methyl/N-ethyl adjacent to an activating group) is 1. The standard InChI is InChI=1S/C15H22N2O2/c1-2-17(13-5-6-16-10-13)11-12-3-4-14-15(9-12)19-8-7-18-14/h3-4,9,13,16H,2,5-8,10-11H2,1H3. The van der Waals surface area contributed by atoms with E-state index in [1.54, 1.807) is 0 Å². The second-order valence-electron chi connectivity index (χ2n) is 5.19. The molecule has 0 aromatic heterocycles. The van der Waals surface area contributed by atoms with Crippen LogP contribution in [0.5, 0.6) is 11.5 Å². The highest BCUT2D eigenvalue weighted by molar-refractivity contribution is 5.43. The van der Waals surface area contributed by atoms with E-state index in [-0.39, 0.29) is 0 Å². The van der Waals surface area contributed by atoms with Gasteiger partial charge >= 0.3 is 0 Å².